The van der Waals surface area contributed by atoms with Crippen molar-refractivity contribution in [1.82, 2.24) is 9.80 Å². The highest BCUT2D eigenvalue weighted by Crippen LogP contribution is 2.25. The van der Waals surface area contributed by atoms with Crippen molar-refractivity contribution < 1.29 is 9.53 Å². The fourth-order valence-electron chi connectivity index (χ4n) is 4.50. The van der Waals surface area contributed by atoms with Crippen LogP contribution in [0.5, 0.6) is 5.75 Å². The van der Waals surface area contributed by atoms with Crippen molar-refractivity contribution >= 4 is 23.2 Å². The van der Waals surface area contributed by atoms with Crippen LogP contribution in [-0.2, 0) is 11.3 Å². The number of halogens is 1. The third-order valence-electron chi connectivity index (χ3n) is 6.24. The molecular formula is C24H30ClN3O2. The number of carbonyl (C=O) groups is 1. The van der Waals surface area contributed by atoms with Gasteiger partial charge in [0.05, 0.1) is 13.0 Å². The number of piperazine rings is 1. The highest BCUT2D eigenvalue weighted by Gasteiger charge is 2.31. The number of nitrogens with zero attached hydrogens (tertiary/aromatic N) is 3. The molecule has 0 spiro atoms. The third kappa shape index (κ3) is 4.90. The summed E-state index contributed by atoms with van der Waals surface area (Å²) in [4.78, 5) is 20.0. The highest BCUT2D eigenvalue weighted by atomic mass is 35.5. The van der Waals surface area contributed by atoms with Crippen LogP contribution in [0.1, 0.15) is 18.4 Å². The number of hydrogen-bond donors (Lipinski definition) is 0. The van der Waals surface area contributed by atoms with E-state index < -0.39 is 0 Å². The van der Waals surface area contributed by atoms with E-state index in [1.165, 1.54) is 5.69 Å². The molecule has 2 heterocycles. The molecule has 6 heteroatoms. The van der Waals surface area contributed by atoms with E-state index >= 15 is 0 Å². The molecule has 1 atom stereocenters. The number of piperidine rings is 1. The molecule has 30 heavy (non-hydrogen) atoms. The minimum atomic E-state index is 0.0915. The predicted octanol–water partition coefficient (Wildman–Crippen LogP) is 3.91. The zero-order chi connectivity index (χ0) is 20.9. The van der Waals surface area contributed by atoms with Crippen molar-refractivity contribution in [2.24, 2.45) is 5.92 Å². The molecule has 1 unspecified atom stereocenters. The fourth-order valence-corrected chi connectivity index (χ4v) is 4.70. The van der Waals surface area contributed by atoms with Gasteiger partial charge in [-0.1, -0.05) is 29.8 Å². The summed E-state index contributed by atoms with van der Waals surface area (Å²) in [7, 11) is 1.68. The van der Waals surface area contributed by atoms with Gasteiger partial charge in [0, 0.05) is 50.0 Å². The van der Waals surface area contributed by atoms with Gasteiger partial charge in [0.2, 0.25) is 5.91 Å². The van der Waals surface area contributed by atoms with E-state index in [2.05, 4.69) is 32.9 Å². The summed E-state index contributed by atoms with van der Waals surface area (Å²) in [6.07, 6.45) is 2.04. The van der Waals surface area contributed by atoms with E-state index in [4.69, 9.17) is 16.3 Å². The van der Waals surface area contributed by atoms with E-state index in [-0.39, 0.29) is 5.92 Å². The maximum atomic E-state index is 13.2. The molecule has 4 rings (SSSR count). The molecule has 0 aromatic heterocycles. The summed E-state index contributed by atoms with van der Waals surface area (Å²) < 4.78 is 5.24. The Morgan fingerprint density at radius 2 is 1.77 bits per heavy atom. The normalized spacial score (nSPS) is 20.3. The molecule has 2 aliphatic heterocycles. The first kappa shape index (κ1) is 21.0. The minimum Gasteiger partial charge on any atom is -0.497 e. The van der Waals surface area contributed by atoms with Gasteiger partial charge < -0.3 is 14.5 Å². The zero-order valence-electron chi connectivity index (χ0n) is 17.6. The second-order valence-electron chi connectivity index (χ2n) is 8.18. The number of likely N-dealkylation sites (tertiary alicyclic amines) is 1. The maximum Gasteiger partial charge on any atom is 0.227 e. The van der Waals surface area contributed by atoms with Crippen LogP contribution in [-0.4, -0.2) is 62.1 Å². The van der Waals surface area contributed by atoms with Crippen LogP contribution in [0.4, 0.5) is 5.69 Å². The molecule has 2 fully saturated rings. The Bertz CT molecular complexity index is 850. The lowest BCUT2D eigenvalue weighted by molar-refractivity contribution is -0.137. The molecule has 2 aromatic rings. The minimum absolute atomic E-state index is 0.0915. The van der Waals surface area contributed by atoms with Crippen LogP contribution in [0, 0.1) is 5.92 Å². The van der Waals surface area contributed by atoms with Gasteiger partial charge in [-0.3, -0.25) is 9.69 Å². The fraction of sp³-hybridized carbons (Fsp3) is 0.458. The van der Waals surface area contributed by atoms with E-state index in [0.717, 1.165) is 75.0 Å². The first-order valence-electron chi connectivity index (χ1n) is 10.8. The molecule has 5 nitrogen and oxygen atoms in total. The SMILES string of the molecule is COc1ccc(N2CCN(C(=O)C3CCCN(Cc4ccccc4Cl)C3)CC2)cc1. The second kappa shape index (κ2) is 9.71. The molecule has 0 aliphatic carbocycles. The van der Waals surface area contributed by atoms with E-state index in [9.17, 15) is 4.79 Å². The van der Waals surface area contributed by atoms with Crippen LogP contribution in [0.2, 0.25) is 5.02 Å². The van der Waals surface area contributed by atoms with Crippen LogP contribution < -0.4 is 9.64 Å². The van der Waals surface area contributed by atoms with E-state index in [1.807, 2.05) is 30.3 Å². The van der Waals surface area contributed by atoms with Crippen molar-refractivity contribution in [1.29, 1.82) is 0 Å². The lowest BCUT2D eigenvalue weighted by Crippen LogP contribution is -2.52. The summed E-state index contributed by atoms with van der Waals surface area (Å²) in [5.74, 6) is 1.27. The molecule has 160 valence electrons. The quantitative estimate of drug-likeness (QED) is 0.724. The highest BCUT2D eigenvalue weighted by molar-refractivity contribution is 6.31. The monoisotopic (exact) mass is 427 g/mol. The summed E-state index contributed by atoms with van der Waals surface area (Å²) in [6, 6.07) is 16.1. The van der Waals surface area contributed by atoms with Gasteiger partial charge in [0.15, 0.2) is 0 Å². The number of amides is 1. The average molecular weight is 428 g/mol. The summed E-state index contributed by atoms with van der Waals surface area (Å²) in [5, 5.41) is 0.806. The topological polar surface area (TPSA) is 36.0 Å². The van der Waals surface area contributed by atoms with Gasteiger partial charge in [-0.25, -0.2) is 0 Å². The van der Waals surface area contributed by atoms with Gasteiger partial charge in [0.1, 0.15) is 5.75 Å². The Hall–Kier alpha value is -2.24. The Balaban J connectivity index is 1.30. The molecule has 2 aromatic carbocycles. The number of anilines is 1. The Labute approximate surface area is 184 Å². The number of methoxy groups -OCH3 is 1. The lowest BCUT2D eigenvalue weighted by atomic mass is 9.95. The van der Waals surface area contributed by atoms with Crippen molar-refractivity contribution in [3.63, 3.8) is 0 Å². The molecule has 0 N–H and O–H groups in total. The third-order valence-corrected chi connectivity index (χ3v) is 6.60. The number of carbonyl (C=O) groups excluding carboxylic acids is 1. The number of hydrogen-bond acceptors (Lipinski definition) is 4. The van der Waals surface area contributed by atoms with Crippen LogP contribution in [0.15, 0.2) is 48.5 Å². The van der Waals surface area contributed by atoms with Crippen LogP contribution in [0.25, 0.3) is 0 Å². The van der Waals surface area contributed by atoms with Crippen LogP contribution in [0.3, 0.4) is 0 Å². The number of rotatable bonds is 5. The van der Waals surface area contributed by atoms with Crippen molar-refractivity contribution in [3.8, 4) is 5.75 Å². The zero-order valence-corrected chi connectivity index (χ0v) is 18.4. The predicted molar refractivity (Wildman–Crippen MR) is 121 cm³/mol. The van der Waals surface area contributed by atoms with Crippen LogP contribution >= 0.6 is 11.6 Å². The molecule has 1 amide bonds. The van der Waals surface area contributed by atoms with Gasteiger partial charge >= 0.3 is 0 Å². The maximum absolute atomic E-state index is 13.2. The van der Waals surface area contributed by atoms with Gasteiger partial charge in [0.25, 0.3) is 0 Å². The first-order chi connectivity index (χ1) is 14.6. The Morgan fingerprint density at radius 1 is 1.03 bits per heavy atom. The molecule has 0 bridgehead atoms. The average Bonchev–Trinajstić information content (AvgIpc) is 2.80. The van der Waals surface area contributed by atoms with Gasteiger partial charge in [-0.15, -0.1) is 0 Å². The molecular weight excluding hydrogens is 398 g/mol. The number of benzene rings is 2. The smallest absolute Gasteiger partial charge is 0.227 e. The molecule has 2 aliphatic rings. The Kier molecular flexibility index (Phi) is 6.80. The molecule has 0 radical (unpaired) electrons. The van der Waals surface area contributed by atoms with Crippen molar-refractivity contribution in [2.75, 3.05) is 51.3 Å². The summed E-state index contributed by atoms with van der Waals surface area (Å²) in [5.41, 5.74) is 2.33. The largest absolute Gasteiger partial charge is 0.497 e. The number of ether oxygens (including phenoxy) is 1. The Morgan fingerprint density at radius 3 is 2.47 bits per heavy atom. The first-order valence-corrected chi connectivity index (χ1v) is 11.2. The van der Waals surface area contributed by atoms with Crippen molar-refractivity contribution in [2.45, 2.75) is 19.4 Å². The standard InChI is InChI=1S/C24H30ClN3O2/c1-30-22-10-8-21(9-11-22)27-13-15-28(16-14-27)24(29)20-6-4-12-26(18-20)17-19-5-2-3-7-23(19)25/h2-3,5,7-11,20H,4,6,12-18H2,1H3. The van der Waals surface area contributed by atoms with E-state index in [1.54, 1.807) is 7.11 Å². The summed E-state index contributed by atoms with van der Waals surface area (Å²) in [6.45, 7) is 5.97. The molecule has 0 saturated carbocycles. The second-order valence-corrected chi connectivity index (χ2v) is 8.58. The lowest BCUT2D eigenvalue weighted by Gasteiger charge is -2.39. The van der Waals surface area contributed by atoms with Gasteiger partial charge in [-0.05, 0) is 55.3 Å². The molecule has 2 saturated heterocycles. The summed E-state index contributed by atoms with van der Waals surface area (Å²) >= 11 is 6.33. The van der Waals surface area contributed by atoms with E-state index in [0.29, 0.717) is 5.91 Å². The van der Waals surface area contributed by atoms with Gasteiger partial charge in [-0.2, -0.15) is 0 Å². The van der Waals surface area contributed by atoms with Crippen molar-refractivity contribution in [3.05, 3.63) is 59.1 Å².